The Morgan fingerprint density at radius 2 is 0.983 bits per heavy atom. The van der Waals surface area contributed by atoms with Crippen molar-refractivity contribution in [2.75, 3.05) is 17.9 Å². The average Bonchev–Trinajstić information content (AvgIpc) is 3.87. The van der Waals surface area contributed by atoms with Crippen LogP contribution in [0.1, 0.15) is 23.4 Å². The van der Waals surface area contributed by atoms with Crippen LogP contribution in [-0.2, 0) is 13.2 Å². The molecular formula is C36H33BrN10O12. The van der Waals surface area contributed by atoms with Crippen LogP contribution in [0.25, 0.3) is 9.69 Å². The lowest BCUT2D eigenvalue weighted by molar-refractivity contribution is -0.385. The summed E-state index contributed by atoms with van der Waals surface area (Å²) in [7, 11) is 0. The number of nitro groups is 3. The lowest BCUT2D eigenvalue weighted by Gasteiger charge is -2.02. The minimum atomic E-state index is -0.514. The van der Waals surface area contributed by atoms with E-state index in [1.54, 1.807) is 38.1 Å². The summed E-state index contributed by atoms with van der Waals surface area (Å²) in [5.74, 6) is 3.69. The Hall–Kier alpha value is -8.18. The van der Waals surface area contributed by atoms with Gasteiger partial charge < -0.3 is 38.9 Å². The maximum Gasteiger partial charge on any atom is 0.357 e. The van der Waals surface area contributed by atoms with Gasteiger partial charge >= 0.3 is 6.73 Å². The van der Waals surface area contributed by atoms with E-state index in [2.05, 4.69) is 45.9 Å². The molecule has 306 valence electrons. The van der Waals surface area contributed by atoms with E-state index >= 15 is 0 Å². The highest BCUT2D eigenvalue weighted by Gasteiger charge is 2.07. The maximum absolute atomic E-state index is 10.4. The molecule has 0 saturated heterocycles. The number of nitrogens with zero attached hydrogens (tertiary/aromatic N) is 9. The summed E-state index contributed by atoms with van der Waals surface area (Å²) in [6.45, 7) is 16.3. The van der Waals surface area contributed by atoms with Crippen LogP contribution >= 0.6 is 15.9 Å². The zero-order valence-corrected chi connectivity index (χ0v) is 32.6. The molecule has 0 saturated carbocycles. The second-order valence-electron chi connectivity index (χ2n) is 10.6. The molecule has 3 N–H and O–H groups in total. The number of alkyl halides is 1. The predicted molar refractivity (Wildman–Crippen MR) is 211 cm³/mol. The molecule has 59 heavy (non-hydrogen) atoms. The van der Waals surface area contributed by atoms with Crippen molar-refractivity contribution >= 4 is 38.7 Å². The van der Waals surface area contributed by atoms with E-state index in [1.165, 1.54) is 72.8 Å². The number of nitrogen functional groups attached to an aromatic ring is 1. The van der Waals surface area contributed by atoms with Gasteiger partial charge in [-0.1, -0.05) is 10.3 Å². The molecule has 6 rings (SSSR count). The molecule has 4 aromatic carbocycles. The highest BCUT2D eigenvalue weighted by atomic mass is 79.9. The van der Waals surface area contributed by atoms with E-state index in [-0.39, 0.29) is 36.1 Å². The number of benzene rings is 4. The van der Waals surface area contributed by atoms with E-state index in [1.807, 2.05) is 0 Å². The normalized spacial score (nSPS) is 9.37. The van der Waals surface area contributed by atoms with E-state index in [0.29, 0.717) is 52.7 Å². The Labute approximate surface area is 343 Å². The minimum Gasteiger partial charge on any atom is -0.508 e. The fourth-order valence-corrected chi connectivity index (χ4v) is 3.67. The largest absolute Gasteiger partial charge is 0.508 e. The molecule has 0 fully saturated rings. The quantitative estimate of drug-likeness (QED) is 0.0313. The fourth-order valence-electron chi connectivity index (χ4n) is 3.67. The fraction of sp³-hybridized carbons (Fsp3) is 0.167. The molecule has 23 heteroatoms. The van der Waals surface area contributed by atoms with E-state index in [9.17, 15) is 30.3 Å². The van der Waals surface area contributed by atoms with Gasteiger partial charge in [0.25, 0.3) is 22.5 Å². The van der Waals surface area contributed by atoms with Gasteiger partial charge in [-0.25, -0.2) is 13.1 Å². The highest BCUT2D eigenvalue weighted by molar-refractivity contribution is 9.09. The smallest absolute Gasteiger partial charge is 0.357 e. The van der Waals surface area contributed by atoms with Crippen molar-refractivity contribution < 1.29 is 43.1 Å². The van der Waals surface area contributed by atoms with Gasteiger partial charge in [0.2, 0.25) is 23.4 Å². The molecule has 0 unspecified atom stereocenters. The number of hydrogen-bond acceptors (Lipinski definition) is 17. The van der Waals surface area contributed by atoms with Crippen molar-refractivity contribution in [1.82, 2.24) is 20.3 Å². The maximum atomic E-state index is 10.4. The number of aromatic nitrogens is 4. The first-order valence-corrected chi connectivity index (χ1v) is 17.3. The van der Waals surface area contributed by atoms with Crippen molar-refractivity contribution in [2.24, 2.45) is 0 Å². The summed E-state index contributed by atoms with van der Waals surface area (Å²) in [5, 5.41) is 46.8. The lowest BCUT2D eigenvalue weighted by atomic mass is 10.3. The second-order valence-corrected chi connectivity index (χ2v) is 11.1. The molecule has 2 heterocycles. The molecule has 0 amide bonds. The Morgan fingerprint density at radius 3 is 1.29 bits per heavy atom. The summed E-state index contributed by atoms with van der Waals surface area (Å²) < 4.78 is 25.2. The number of nitro benzene ring substituents is 3. The summed E-state index contributed by atoms with van der Waals surface area (Å²) in [6.07, 6.45) is 0. The number of rotatable bonds is 11. The first kappa shape index (κ1) is 47.0. The summed E-state index contributed by atoms with van der Waals surface area (Å²) in [5.41, 5.74) is 6.69. The van der Waals surface area contributed by atoms with Gasteiger partial charge in [0, 0.05) is 71.9 Å². The van der Waals surface area contributed by atoms with Gasteiger partial charge in [-0.3, -0.25) is 35.2 Å². The number of phenols is 1. The molecule has 0 bridgehead atoms. The zero-order valence-electron chi connectivity index (χ0n) is 31.0. The molecular weight excluding hydrogens is 844 g/mol. The van der Waals surface area contributed by atoms with Crippen molar-refractivity contribution in [3.63, 3.8) is 0 Å². The Morgan fingerprint density at radius 1 is 0.644 bits per heavy atom. The van der Waals surface area contributed by atoms with Gasteiger partial charge in [0.1, 0.15) is 23.0 Å². The summed E-state index contributed by atoms with van der Waals surface area (Å²) in [6, 6.07) is 23.5. The molecule has 0 spiro atoms. The van der Waals surface area contributed by atoms with Crippen LogP contribution in [0.3, 0.4) is 0 Å². The van der Waals surface area contributed by atoms with Gasteiger partial charge in [-0.05, 0) is 60.7 Å². The third kappa shape index (κ3) is 19.3. The van der Waals surface area contributed by atoms with Gasteiger partial charge in [-0.2, -0.15) is 9.97 Å². The number of anilines is 1. The molecule has 0 aliphatic carbocycles. The Balaban J connectivity index is 0.000000267. The second kappa shape index (κ2) is 25.8. The Bertz CT molecular complexity index is 2270. The molecule has 0 aliphatic rings. The number of non-ortho nitro benzene ring substituents is 3. The molecule has 0 aliphatic heterocycles. The molecule has 22 nitrogen and oxygen atoms in total. The van der Waals surface area contributed by atoms with Crippen LogP contribution < -0.4 is 19.9 Å². The molecule has 6 aromatic rings. The van der Waals surface area contributed by atoms with Gasteiger partial charge in [0.05, 0.1) is 14.8 Å². The number of aromatic hydroxyl groups is 1. The van der Waals surface area contributed by atoms with Crippen LogP contribution in [0, 0.1) is 57.3 Å². The number of aryl methyl sites for hydroxylation is 2. The van der Waals surface area contributed by atoms with Crippen molar-refractivity contribution in [2.45, 2.75) is 27.1 Å². The molecule has 0 atom stereocenters. The first-order chi connectivity index (χ1) is 28.2. The van der Waals surface area contributed by atoms with Gasteiger partial charge in [-0.15, -0.1) is 0 Å². The predicted octanol–water partition coefficient (Wildman–Crippen LogP) is 7.81. The van der Waals surface area contributed by atoms with Crippen LogP contribution in [0.2, 0.25) is 0 Å². The topological polar surface area (TPSA) is 290 Å². The number of hydrogen-bond donors (Lipinski definition) is 2. The van der Waals surface area contributed by atoms with Crippen molar-refractivity contribution in [3.8, 4) is 23.0 Å². The summed E-state index contributed by atoms with van der Waals surface area (Å²) >= 11 is 2.89. The van der Waals surface area contributed by atoms with Crippen LogP contribution in [-0.4, -0.2) is 52.3 Å². The number of halogens is 1. The van der Waals surface area contributed by atoms with Crippen LogP contribution in [0.4, 0.5) is 22.7 Å². The third-order valence-electron chi connectivity index (χ3n) is 6.27. The molecule has 0 radical (unpaired) electrons. The Kier molecular flexibility index (Phi) is 20.6. The van der Waals surface area contributed by atoms with E-state index in [0.717, 1.165) is 5.75 Å². The van der Waals surface area contributed by atoms with E-state index in [4.69, 9.17) is 47.2 Å². The highest BCUT2D eigenvalue weighted by Crippen LogP contribution is 2.19. The summed E-state index contributed by atoms with van der Waals surface area (Å²) in [4.78, 5) is 43.1. The first-order valence-electron chi connectivity index (χ1n) is 16.2. The van der Waals surface area contributed by atoms with Gasteiger partial charge in [0.15, 0.2) is 13.2 Å². The van der Waals surface area contributed by atoms with Crippen molar-refractivity contribution in [3.05, 3.63) is 174 Å². The standard InChI is InChI=1S/C10H9N3O4.C10H11N3O2.C8H6N2O3.C6H5NO3.C2H2BrN/c1-7-11-10(12-17-7)6-16-9-4-2-8(3-5-9)13(14)15;1-7-12-10(13-15-7)6-14-9-4-2-8(11)3-5-9;1-9-6-13-8-4-2-7(3-5-8)10(11)12;8-6-3-1-5(2-4-6)7(9)10;1-4-2-3/h2-5H,6H2,1H3;2-5H,6,11H2,1H3;2-5H,6H2;1-4,8H;2H2. The van der Waals surface area contributed by atoms with Crippen molar-refractivity contribution in [1.29, 1.82) is 0 Å². The monoisotopic (exact) mass is 876 g/mol. The lowest BCUT2D eigenvalue weighted by Crippen LogP contribution is -1.97. The number of phenolic OH excluding ortho intramolecular Hbond substituents is 1. The number of nitrogens with two attached hydrogens (primary N) is 1. The van der Waals surface area contributed by atoms with E-state index < -0.39 is 14.8 Å². The molecule has 2 aromatic heterocycles. The zero-order chi connectivity index (χ0) is 43.6. The van der Waals surface area contributed by atoms with Crippen LogP contribution in [0.15, 0.2) is 106 Å². The average molecular weight is 878 g/mol. The third-order valence-corrected chi connectivity index (χ3v) is 6.52. The van der Waals surface area contributed by atoms with Crippen LogP contribution in [0.5, 0.6) is 23.0 Å². The minimum absolute atomic E-state index is 0.00941. The number of ether oxygens (including phenoxy) is 3. The SMILES string of the molecule is Cc1nc(COc2ccc(N)cc2)no1.Cc1nc(COc2ccc([N+](=O)[O-])cc2)no1.O=[N+]([O-])c1ccc(O)cc1.[C-]#[N+]CBr.[C-]#[N+]COc1ccc([N+](=O)[O-])cc1.